The number of nitro benzene ring substituents is 1. The molecule has 0 spiro atoms. The first-order valence-corrected chi connectivity index (χ1v) is 8.17. The molecule has 1 aromatic carbocycles. The maximum absolute atomic E-state index is 11.1. The zero-order chi connectivity index (χ0) is 16.2. The molecule has 1 aliphatic heterocycles. The van der Waals surface area contributed by atoms with E-state index in [1.165, 1.54) is 30.6 Å². The average molecular weight is 317 g/mol. The summed E-state index contributed by atoms with van der Waals surface area (Å²) in [6.45, 7) is 8.95. The first-order chi connectivity index (χ1) is 11.2. The summed E-state index contributed by atoms with van der Waals surface area (Å²) in [5.41, 5.74) is 0.625. The van der Waals surface area contributed by atoms with Crippen LogP contribution in [-0.2, 0) is 6.54 Å². The van der Waals surface area contributed by atoms with Gasteiger partial charge in [0.25, 0.3) is 5.69 Å². The maximum atomic E-state index is 11.1. The highest BCUT2D eigenvalue weighted by Crippen LogP contribution is 2.30. The van der Waals surface area contributed by atoms with Crippen molar-refractivity contribution in [1.82, 2.24) is 0 Å². The highest BCUT2D eigenvalue weighted by atomic mass is 16.6. The largest absolute Gasteiger partial charge is 0.455 e. The SMILES string of the molecule is CC[NH+]1CC[NH+](Cc2ccc(-c3ccccc3[N+](=O)[O-])o2)CC1. The molecule has 1 aromatic heterocycles. The van der Waals surface area contributed by atoms with Crippen LogP contribution in [0.1, 0.15) is 12.7 Å². The van der Waals surface area contributed by atoms with Crippen LogP contribution in [0.4, 0.5) is 5.69 Å². The van der Waals surface area contributed by atoms with Crippen molar-refractivity contribution in [2.45, 2.75) is 13.5 Å². The topological polar surface area (TPSA) is 65.2 Å². The van der Waals surface area contributed by atoms with Crippen LogP contribution in [0.15, 0.2) is 40.8 Å². The third kappa shape index (κ3) is 3.60. The fourth-order valence-corrected chi connectivity index (χ4v) is 3.19. The average Bonchev–Trinajstić information content (AvgIpc) is 3.04. The lowest BCUT2D eigenvalue weighted by atomic mass is 10.1. The Morgan fingerprint density at radius 3 is 2.48 bits per heavy atom. The molecule has 6 heteroatoms. The van der Waals surface area contributed by atoms with Crippen LogP contribution in [0, 0.1) is 10.1 Å². The lowest BCUT2D eigenvalue weighted by Crippen LogP contribution is -3.27. The van der Waals surface area contributed by atoms with Gasteiger partial charge in [-0.1, -0.05) is 12.1 Å². The number of hydrogen-bond acceptors (Lipinski definition) is 3. The molecule has 0 saturated carbocycles. The standard InChI is InChI=1S/C17H21N3O3/c1-2-18-9-11-19(12-10-18)13-14-7-8-17(23-14)15-5-3-4-6-16(15)20(21)22/h3-8H,2,9-13H2,1H3/p+2. The van der Waals surface area contributed by atoms with Gasteiger partial charge in [0, 0.05) is 6.07 Å². The molecule has 0 aliphatic carbocycles. The fourth-order valence-electron chi connectivity index (χ4n) is 3.19. The van der Waals surface area contributed by atoms with Gasteiger partial charge in [-0.3, -0.25) is 10.1 Å². The van der Waals surface area contributed by atoms with Gasteiger partial charge in [-0.2, -0.15) is 0 Å². The lowest BCUT2D eigenvalue weighted by molar-refractivity contribution is -1.02. The second-order valence-corrected chi connectivity index (χ2v) is 6.07. The van der Waals surface area contributed by atoms with Crippen LogP contribution in [0.2, 0.25) is 0 Å². The number of quaternary nitrogens is 2. The second-order valence-electron chi connectivity index (χ2n) is 6.07. The van der Waals surface area contributed by atoms with Gasteiger partial charge >= 0.3 is 0 Å². The molecule has 2 heterocycles. The van der Waals surface area contributed by atoms with Crippen LogP contribution in [-0.4, -0.2) is 37.6 Å². The van der Waals surface area contributed by atoms with Crippen molar-refractivity contribution in [2.75, 3.05) is 32.7 Å². The number of nitro groups is 1. The van der Waals surface area contributed by atoms with Crippen LogP contribution in [0.25, 0.3) is 11.3 Å². The van der Waals surface area contributed by atoms with E-state index in [-0.39, 0.29) is 10.6 Å². The third-order valence-corrected chi connectivity index (χ3v) is 4.62. The number of para-hydroxylation sites is 1. The van der Waals surface area contributed by atoms with Crippen molar-refractivity contribution >= 4 is 5.69 Å². The van der Waals surface area contributed by atoms with E-state index in [2.05, 4.69) is 6.92 Å². The van der Waals surface area contributed by atoms with Crippen LogP contribution in [0.5, 0.6) is 0 Å². The Kier molecular flexibility index (Phi) is 4.73. The highest BCUT2D eigenvalue weighted by Gasteiger charge is 2.23. The molecule has 1 saturated heterocycles. The van der Waals surface area contributed by atoms with Crippen molar-refractivity contribution in [3.63, 3.8) is 0 Å². The van der Waals surface area contributed by atoms with Crippen molar-refractivity contribution in [3.8, 4) is 11.3 Å². The third-order valence-electron chi connectivity index (χ3n) is 4.62. The predicted molar refractivity (Wildman–Crippen MR) is 86.4 cm³/mol. The van der Waals surface area contributed by atoms with Crippen LogP contribution < -0.4 is 9.80 Å². The summed E-state index contributed by atoms with van der Waals surface area (Å²) in [6, 6.07) is 10.5. The van der Waals surface area contributed by atoms with Crippen LogP contribution >= 0.6 is 0 Å². The van der Waals surface area contributed by atoms with Gasteiger partial charge in [-0.25, -0.2) is 0 Å². The van der Waals surface area contributed by atoms with E-state index >= 15 is 0 Å². The first-order valence-electron chi connectivity index (χ1n) is 8.17. The summed E-state index contributed by atoms with van der Waals surface area (Å²) in [7, 11) is 0. The summed E-state index contributed by atoms with van der Waals surface area (Å²) in [6.07, 6.45) is 0. The van der Waals surface area contributed by atoms with E-state index in [0.29, 0.717) is 11.3 Å². The number of hydrogen-bond donors (Lipinski definition) is 2. The Morgan fingerprint density at radius 2 is 1.78 bits per heavy atom. The highest BCUT2D eigenvalue weighted by molar-refractivity contribution is 5.69. The van der Waals surface area contributed by atoms with Gasteiger partial charge in [0.1, 0.15) is 38.5 Å². The molecule has 0 bridgehead atoms. The molecule has 23 heavy (non-hydrogen) atoms. The Balaban J connectivity index is 1.71. The minimum absolute atomic E-state index is 0.0842. The number of nitrogens with one attached hydrogen (secondary N) is 2. The Hall–Kier alpha value is -2.18. The normalized spacial score (nSPS) is 21.3. The molecule has 3 rings (SSSR count). The minimum atomic E-state index is -0.366. The van der Waals surface area contributed by atoms with Gasteiger partial charge in [-0.05, 0) is 25.1 Å². The molecule has 1 fully saturated rings. The quantitative estimate of drug-likeness (QED) is 0.610. The van der Waals surface area contributed by atoms with E-state index in [9.17, 15) is 10.1 Å². The molecule has 2 N–H and O–H groups in total. The van der Waals surface area contributed by atoms with E-state index < -0.39 is 0 Å². The number of piperazine rings is 1. The first kappa shape index (κ1) is 15.7. The van der Waals surface area contributed by atoms with Crippen molar-refractivity contribution < 1.29 is 19.1 Å². The summed E-state index contributed by atoms with van der Waals surface area (Å²) in [5, 5.41) is 11.1. The van der Waals surface area contributed by atoms with Gasteiger partial charge in [-0.15, -0.1) is 0 Å². The van der Waals surface area contributed by atoms with Gasteiger partial charge in [0.15, 0.2) is 5.76 Å². The van der Waals surface area contributed by atoms with Crippen LogP contribution in [0.3, 0.4) is 0 Å². The van der Waals surface area contributed by atoms with E-state index in [1.54, 1.807) is 23.1 Å². The lowest BCUT2D eigenvalue weighted by Gasteiger charge is -2.28. The number of benzene rings is 1. The Bertz CT molecular complexity index is 675. The smallest absolute Gasteiger partial charge is 0.280 e. The van der Waals surface area contributed by atoms with Crippen molar-refractivity contribution in [1.29, 1.82) is 0 Å². The molecule has 6 nitrogen and oxygen atoms in total. The number of rotatable bonds is 5. The van der Waals surface area contributed by atoms with E-state index in [4.69, 9.17) is 4.42 Å². The predicted octanol–water partition coefficient (Wildman–Crippen LogP) is 0.158. The number of likely N-dealkylation sites (N-methyl/N-ethyl adjacent to an activating group) is 1. The second kappa shape index (κ2) is 6.93. The van der Waals surface area contributed by atoms with E-state index in [0.717, 1.165) is 25.4 Å². The molecule has 0 unspecified atom stereocenters. The molecule has 0 amide bonds. The molecule has 2 aromatic rings. The molecule has 1 aliphatic rings. The summed E-state index contributed by atoms with van der Waals surface area (Å²) in [5.74, 6) is 1.47. The molecule has 0 radical (unpaired) electrons. The summed E-state index contributed by atoms with van der Waals surface area (Å²) in [4.78, 5) is 13.9. The molecule has 122 valence electrons. The van der Waals surface area contributed by atoms with E-state index in [1.807, 2.05) is 12.1 Å². The Morgan fingerprint density at radius 1 is 1.09 bits per heavy atom. The molecular weight excluding hydrogens is 294 g/mol. The van der Waals surface area contributed by atoms with Crippen molar-refractivity contribution in [3.05, 3.63) is 52.3 Å². The zero-order valence-electron chi connectivity index (χ0n) is 13.4. The number of nitrogens with zero attached hydrogens (tertiary/aromatic N) is 1. The fraction of sp³-hybridized carbons (Fsp3) is 0.412. The maximum Gasteiger partial charge on any atom is 0.280 e. The zero-order valence-corrected chi connectivity index (χ0v) is 13.4. The van der Waals surface area contributed by atoms with Crippen molar-refractivity contribution in [2.24, 2.45) is 0 Å². The molecular formula is C17H23N3O3+2. The Labute approximate surface area is 135 Å². The molecule has 0 atom stereocenters. The van der Waals surface area contributed by atoms with Gasteiger partial charge < -0.3 is 14.2 Å². The monoisotopic (exact) mass is 317 g/mol. The summed E-state index contributed by atoms with van der Waals surface area (Å²) >= 11 is 0. The van der Waals surface area contributed by atoms with Gasteiger partial charge in [0.05, 0.1) is 17.0 Å². The minimum Gasteiger partial charge on any atom is -0.455 e. The summed E-state index contributed by atoms with van der Waals surface area (Å²) < 4.78 is 5.88. The number of furan rings is 1. The van der Waals surface area contributed by atoms with Gasteiger partial charge in [0.2, 0.25) is 0 Å².